The Bertz CT molecular complexity index is 771. The topological polar surface area (TPSA) is 23.6 Å². The van der Waals surface area contributed by atoms with Crippen molar-refractivity contribution in [1.82, 2.24) is 4.90 Å². The lowest BCUT2D eigenvalue weighted by Gasteiger charge is -2.42. The van der Waals surface area contributed by atoms with Gasteiger partial charge in [-0.25, -0.2) is 0 Å². The summed E-state index contributed by atoms with van der Waals surface area (Å²) in [6.07, 6.45) is 4.14. The number of halogens is 1. The highest BCUT2D eigenvalue weighted by atomic mass is 127. The van der Waals surface area contributed by atoms with Gasteiger partial charge in [-0.05, 0) is 42.9 Å². The lowest BCUT2D eigenvalue weighted by atomic mass is 9.90. The van der Waals surface area contributed by atoms with Crippen LogP contribution in [0.2, 0.25) is 0 Å². The molecule has 1 saturated heterocycles. The molecule has 142 valence electrons. The van der Waals surface area contributed by atoms with Crippen molar-refractivity contribution in [2.24, 2.45) is 5.92 Å². The van der Waals surface area contributed by atoms with Gasteiger partial charge in [-0.15, -0.1) is 0 Å². The van der Waals surface area contributed by atoms with E-state index in [1.807, 2.05) is 0 Å². The van der Waals surface area contributed by atoms with Crippen molar-refractivity contribution in [3.05, 3.63) is 65.7 Å². The number of hydrogen-bond acceptors (Lipinski definition) is 2. The van der Waals surface area contributed by atoms with E-state index < -0.39 is 0 Å². The lowest BCUT2D eigenvalue weighted by molar-refractivity contribution is -0.122. The fourth-order valence-electron chi connectivity index (χ4n) is 4.42. The van der Waals surface area contributed by atoms with Crippen LogP contribution < -0.4 is 4.90 Å². The van der Waals surface area contributed by atoms with Gasteiger partial charge in [-0.1, -0.05) is 71.1 Å². The third-order valence-corrected chi connectivity index (χ3v) is 7.04. The number of anilines is 1. The van der Waals surface area contributed by atoms with E-state index in [0.29, 0.717) is 11.9 Å². The van der Waals surface area contributed by atoms with E-state index in [4.69, 9.17) is 0 Å². The number of benzene rings is 2. The maximum Gasteiger partial charge on any atom is 0.231 e. The normalized spacial score (nSPS) is 21.3. The van der Waals surface area contributed by atoms with Crippen LogP contribution in [0, 0.1) is 5.92 Å². The second-order valence-corrected chi connectivity index (χ2v) is 8.58. The fraction of sp³-hybridized carbons (Fsp3) is 0.435. The van der Waals surface area contributed by atoms with Gasteiger partial charge in [-0.3, -0.25) is 4.79 Å². The van der Waals surface area contributed by atoms with Gasteiger partial charge in [0, 0.05) is 35.8 Å². The summed E-state index contributed by atoms with van der Waals surface area (Å²) in [4.78, 5) is 17.8. The van der Waals surface area contributed by atoms with E-state index in [1.165, 1.54) is 11.1 Å². The number of alkyl halides is 1. The Morgan fingerprint density at radius 2 is 1.67 bits per heavy atom. The molecule has 2 aromatic rings. The number of rotatable bonds is 5. The zero-order valence-corrected chi connectivity index (χ0v) is 17.8. The Morgan fingerprint density at radius 1 is 0.963 bits per heavy atom. The first-order valence-corrected chi connectivity index (χ1v) is 11.5. The third-order valence-electron chi connectivity index (χ3n) is 5.97. The number of amides is 1. The minimum atomic E-state index is 0.136. The quantitative estimate of drug-likeness (QED) is 0.476. The molecule has 0 radical (unpaired) electrons. The van der Waals surface area contributed by atoms with Crippen molar-refractivity contribution in [3.63, 3.8) is 0 Å². The molecule has 2 heterocycles. The third kappa shape index (κ3) is 4.21. The van der Waals surface area contributed by atoms with Crippen molar-refractivity contribution < 1.29 is 4.79 Å². The number of fused-ring (bicyclic) bond motifs is 1. The van der Waals surface area contributed by atoms with Crippen LogP contribution in [0.3, 0.4) is 0 Å². The molecule has 2 aliphatic rings. The Kier molecular flexibility index (Phi) is 6.13. The maximum atomic E-state index is 13.1. The van der Waals surface area contributed by atoms with Crippen molar-refractivity contribution >= 4 is 34.2 Å². The molecule has 0 spiro atoms. The molecule has 0 aromatic heterocycles. The molecule has 4 rings (SSSR count). The Balaban J connectivity index is 1.40. The zero-order valence-electron chi connectivity index (χ0n) is 15.7. The number of likely N-dealkylation sites (tertiary alicyclic amines) is 1. The van der Waals surface area contributed by atoms with Crippen LogP contribution in [0.5, 0.6) is 0 Å². The molecule has 0 N–H and O–H groups in total. The predicted octanol–water partition coefficient (Wildman–Crippen LogP) is 4.33. The molecule has 1 fully saturated rings. The number of piperidine rings is 1. The zero-order chi connectivity index (χ0) is 18.6. The summed E-state index contributed by atoms with van der Waals surface area (Å²) in [6.45, 7) is 3.27. The van der Waals surface area contributed by atoms with Crippen LogP contribution in [0.1, 0.15) is 24.0 Å². The van der Waals surface area contributed by atoms with E-state index in [1.54, 1.807) is 0 Å². The molecular weight excluding hydrogens is 447 g/mol. The smallest absolute Gasteiger partial charge is 0.231 e. The highest BCUT2D eigenvalue weighted by Crippen LogP contribution is 2.35. The Labute approximate surface area is 175 Å². The highest BCUT2D eigenvalue weighted by Gasteiger charge is 2.37. The second-order valence-electron chi connectivity index (χ2n) is 7.70. The van der Waals surface area contributed by atoms with Crippen LogP contribution in [0.4, 0.5) is 5.69 Å². The Morgan fingerprint density at radius 3 is 2.41 bits per heavy atom. The highest BCUT2D eigenvalue weighted by molar-refractivity contribution is 14.1. The summed E-state index contributed by atoms with van der Waals surface area (Å²) in [5, 5.41) is 0. The average Bonchev–Trinajstić information content (AvgIpc) is 2.73. The first kappa shape index (κ1) is 18.9. The predicted molar refractivity (Wildman–Crippen MR) is 120 cm³/mol. The van der Waals surface area contributed by atoms with E-state index in [2.05, 4.69) is 87.0 Å². The number of carbonyl (C=O) groups excluding carboxylic acids is 1. The van der Waals surface area contributed by atoms with Gasteiger partial charge >= 0.3 is 0 Å². The van der Waals surface area contributed by atoms with Crippen LogP contribution >= 0.6 is 22.6 Å². The van der Waals surface area contributed by atoms with E-state index in [0.717, 1.165) is 55.4 Å². The van der Waals surface area contributed by atoms with Gasteiger partial charge in [0.2, 0.25) is 5.91 Å². The van der Waals surface area contributed by atoms with Crippen LogP contribution in [-0.4, -0.2) is 40.9 Å². The van der Waals surface area contributed by atoms with Crippen LogP contribution in [0.25, 0.3) is 0 Å². The van der Waals surface area contributed by atoms with Crippen LogP contribution in [-0.2, 0) is 17.6 Å². The molecule has 1 amide bonds. The van der Waals surface area contributed by atoms with Crippen molar-refractivity contribution in [3.8, 4) is 0 Å². The van der Waals surface area contributed by atoms with E-state index in [-0.39, 0.29) is 5.92 Å². The number of hydrogen-bond donors (Lipinski definition) is 0. The van der Waals surface area contributed by atoms with E-state index >= 15 is 0 Å². The number of nitrogens with zero attached hydrogens (tertiary/aromatic N) is 2. The fourth-order valence-corrected chi connectivity index (χ4v) is 5.11. The molecule has 0 bridgehead atoms. The molecule has 1 atom stereocenters. The molecule has 4 heteroatoms. The van der Waals surface area contributed by atoms with Gasteiger partial charge in [0.25, 0.3) is 0 Å². The van der Waals surface area contributed by atoms with Crippen LogP contribution in [0.15, 0.2) is 54.6 Å². The maximum absolute atomic E-state index is 13.1. The second kappa shape index (κ2) is 8.74. The Hall–Kier alpha value is -1.40. The minimum Gasteiger partial charge on any atom is -0.309 e. The van der Waals surface area contributed by atoms with E-state index in [9.17, 15) is 4.79 Å². The molecule has 0 saturated carbocycles. The summed E-state index contributed by atoms with van der Waals surface area (Å²) >= 11 is 2.37. The van der Waals surface area contributed by atoms with Gasteiger partial charge in [0.15, 0.2) is 0 Å². The molecule has 1 unspecified atom stereocenters. The monoisotopic (exact) mass is 474 g/mol. The van der Waals surface area contributed by atoms with Crippen molar-refractivity contribution in [2.45, 2.75) is 31.7 Å². The molecular formula is C23H27IN2O. The summed E-state index contributed by atoms with van der Waals surface area (Å²) < 4.78 is 0.900. The summed E-state index contributed by atoms with van der Waals surface area (Å²) in [7, 11) is 0. The lowest BCUT2D eigenvalue weighted by Crippen LogP contribution is -2.52. The molecule has 27 heavy (non-hydrogen) atoms. The number of para-hydroxylation sites is 1. The molecule has 3 nitrogen and oxygen atoms in total. The van der Waals surface area contributed by atoms with Gasteiger partial charge in [-0.2, -0.15) is 0 Å². The summed E-state index contributed by atoms with van der Waals surface area (Å²) in [6, 6.07) is 19.6. The van der Waals surface area contributed by atoms with Gasteiger partial charge in [0.05, 0.1) is 5.92 Å². The SMILES string of the molecule is O=C1C(CI)Cc2ccccc2N1C1CCN(CCc2ccccc2)CC1. The molecule has 2 aromatic carbocycles. The first-order chi connectivity index (χ1) is 13.3. The minimum absolute atomic E-state index is 0.136. The number of carbonyl (C=O) groups is 1. The molecule has 0 aliphatic carbocycles. The first-order valence-electron chi connectivity index (χ1n) is 9.99. The average molecular weight is 474 g/mol. The largest absolute Gasteiger partial charge is 0.309 e. The van der Waals surface area contributed by atoms with Gasteiger partial charge in [0.1, 0.15) is 0 Å². The van der Waals surface area contributed by atoms with Gasteiger partial charge < -0.3 is 9.80 Å². The summed E-state index contributed by atoms with van der Waals surface area (Å²) in [5.74, 6) is 0.474. The standard InChI is InChI=1S/C23H27IN2O/c24-17-20-16-19-8-4-5-9-22(19)26(23(20)27)21-11-14-25(15-12-21)13-10-18-6-2-1-3-7-18/h1-9,20-21H,10-17H2. The van der Waals surface area contributed by atoms with Crippen molar-refractivity contribution in [2.75, 3.05) is 29.0 Å². The molecule has 2 aliphatic heterocycles. The van der Waals surface area contributed by atoms with Crippen molar-refractivity contribution in [1.29, 1.82) is 0 Å². The summed E-state index contributed by atoms with van der Waals surface area (Å²) in [5.41, 5.74) is 3.90.